The average Bonchev–Trinajstić information content (AvgIpc) is 3.04. The van der Waals surface area contributed by atoms with E-state index in [2.05, 4.69) is 45.3 Å². The number of halogens is 1. The van der Waals surface area contributed by atoms with Gasteiger partial charge in [-0.2, -0.15) is 0 Å². The second-order valence-corrected chi connectivity index (χ2v) is 7.55. The molecule has 0 saturated carbocycles. The molecule has 25 heavy (non-hydrogen) atoms. The predicted octanol–water partition coefficient (Wildman–Crippen LogP) is 5.57. The number of thiocarbonyl (C=S) groups is 1. The van der Waals surface area contributed by atoms with Crippen molar-refractivity contribution in [1.82, 2.24) is 10.3 Å². The Morgan fingerprint density at radius 1 is 1.16 bits per heavy atom. The van der Waals surface area contributed by atoms with Crippen molar-refractivity contribution in [3.63, 3.8) is 0 Å². The van der Waals surface area contributed by atoms with Crippen LogP contribution in [0.3, 0.4) is 0 Å². The van der Waals surface area contributed by atoms with E-state index in [1.807, 2.05) is 32.0 Å². The molecular weight excluding hydrogens is 370 g/mol. The maximum Gasteiger partial charge on any atom is 0.171 e. The normalized spacial score (nSPS) is 10.5. The highest BCUT2D eigenvalue weighted by atomic mass is 35.5. The minimum absolute atomic E-state index is 0.574. The number of aromatic nitrogens is 1. The lowest BCUT2D eigenvalue weighted by Gasteiger charge is -2.13. The molecule has 1 aromatic heterocycles. The molecule has 3 aromatic rings. The molecule has 3 rings (SSSR count). The zero-order chi connectivity index (χ0) is 17.8. The third-order valence-electron chi connectivity index (χ3n) is 3.84. The fourth-order valence-electron chi connectivity index (χ4n) is 2.38. The second kappa shape index (κ2) is 7.95. The topological polar surface area (TPSA) is 37.0 Å². The van der Waals surface area contributed by atoms with Crippen LogP contribution in [0.25, 0.3) is 11.3 Å². The quantitative estimate of drug-likeness (QED) is 0.574. The summed E-state index contributed by atoms with van der Waals surface area (Å²) >= 11 is 13.2. The SMILES string of the molecule is Cc1nc(-c2ccc(CNC(=S)Nc3cccc(Cl)c3C)cc2)cs1. The molecule has 0 aliphatic heterocycles. The highest BCUT2D eigenvalue weighted by Gasteiger charge is 2.05. The largest absolute Gasteiger partial charge is 0.358 e. The van der Waals surface area contributed by atoms with E-state index in [1.165, 1.54) is 0 Å². The molecule has 0 radical (unpaired) electrons. The zero-order valence-electron chi connectivity index (χ0n) is 14.0. The van der Waals surface area contributed by atoms with Gasteiger partial charge < -0.3 is 10.6 Å². The van der Waals surface area contributed by atoms with Crippen molar-refractivity contribution in [1.29, 1.82) is 0 Å². The Bertz CT molecular complexity index is 888. The molecule has 0 aliphatic rings. The smallest absolute Gasteiger partial charge is 0.171 e. The number of rotatable bonds is 4. The molecule has 0 fully saturated rings. The zero-order valence-corrected chi connectivity index (χ0v) is 16.4. The van der Waals surface area contributed by atoms with Gasteiger partial charge in [0, 0.05) is 28.2 Å². The lowest BCUT2D eigenvalue weighted by atomic mass is 10.1. The molecule has 2 N–H and O–H groups in total. The lowest BCUT2D eigenvalue weighted by Crippen LogP contribution is -2.28. The number of hydrogen-bond acceptors (Lipinski definition) is 3. The van der Waals surface area contributed by atoms with Gasteiger partial charge in [-0.05, 0) is 49.3 Å². The van der Waals surface area contributed by atoms with Crippen LogP contribution in [-0.4, -0.2) is 10.1 Å². The summed E-state index contributed by atoms with van der Waals surface area (Å²) in [6.45, 7) is 4.63. The van der Waals surface area contributed by atoms with Crippen LogP contribution in [0.15, 0.2) is 47.8 Å². The van der Waals surface area contributed by atoms with Crippen LogP contribution >= 0.6 is 35.2 Å². The summed E-state index contributed by atoms with van der Waals surface area (Å²) in [6.07, 6.45) is 0. The summed E-state index contributed by atoms with van der Waals surface area (Å²) in [5, 5.41) is 10.9. The van der Waals surface area contributed by atoms with Gasteiger partial charge >= 0.3 is 0 Å². The number of thiazole rings is 1. The van der Waals surface area contributed by atoms with Crippen molar-refractivity contribution >= 4 is 46.0 Å². The second-order valence-electron chi connectivity index (χ2n) is 5.67. The molecule has 0 aliphatic carbocycles. The number of nitrogens with zero attached hydrogens (tertiary/aromatic N) is 1. The molecular formula is C19H18ClN3S2. The molecule has 0 unspecified atom stereocenters. The molecule has 128 valence electrons. The fourth-order valence-corrected chi connectivity index (χ4v) is 3.36. The number of hydrogen-bond donors (Lipinski definition) is 2. The highest BCUT2D eigenvalue weighted by molar-refractivity contribution is 7.80. The number of benzene rings is 2. The molecule has 0 atom stereocenters. The first kappa shape index (κ1) is 17.9. The van der Waals surface area contributed by atoms with Gasteiger partial charge in [-0.3, -0.25) is 0 Å². The molecule has 1 heterocycles. The summed E-state index contributed by atoms with van der Waals surface area (Å²) in [6, 6.07) is 14.1. The Kier molecular flexibility index (Phi) is 5.68. The predicted molar refractivity (Wildman–Crippen MR) is 112 cm³/mol. The summed E-state index contributed by atoms with van der Waals surface area (Å²) in [7, 11) is 0. The lowest BCUT2D eigenvalue weighted by molar-refractivity contribution is 0.926. The van der Waals surface area contributed by atoms with Gasteiger partial charge in [0.2, 0.25) is 0 Å². The summed E-state index contributed by atoms with van der Waals surface area (Å²) < 4.78 is 0. The van der Waals surface area contributed by atoms with Crippen molar-refractivity contribution in [3.05, 3.63) is 69.0 Å². The van der Waals surface area contributed by atoms with E-state index in [0.29, 0.717) is 11.7 Å². The van der Waals surface area contributed by atoms with Gasteiger partial charge in [-0.1, -0.05) is 41.9 Å². The Balaban J connectivity index is 1.58. The maximum absolute atomic E-state index is 6.13. The Hall–Kier alpha value is -1.95. The van der Waals surface area contributed by atoms with E-state index >= 15 is 0 Å². The number of aryl methyl sites for hydroxylation is 1. The van der Waals surface area contributed by atoms with Crippen LogP contribution in [0.2, 0.25) is 5.02 Å². The maximum atomic E-state index is 6.13. The minimum Gasteiger partial charge on any atom is -0.358 e. The van der Waals surface area contributed by atoms with Crippen molar-refractivity contribution in [3.8, 4) is 11.3 Å². The minimum atomic E-state index is 0.574. The van der Waals surface area contributed by atoms with Crippen LogP contribution in [0.5, 0.6) is 0 Å². The summed E-state index contributed by atoms with van der Waals surface area (Å²) in [5.74, 6) is 0. The summed E-state index contributed by atoms with van der Waals surface area (Å²) in [5.41, 5.74) is 5.21. The molecule has 0 bridgehead atoms. The molecule has 0 saturated heterocycles. The standard InChI is InChI=1S/C19H18ClN3S2/c1-12-16(20)4-3-5-17(12)23-19(24)21-10-14-6-8-15(9-7-14)18-11-25-13(2)22-18/h3-9,11H,10H2,1-2H3,(H2,21,23,24). The van der Waals surface area contributed by atoms with E-state index in [-0.39, 0.29) is 0 Å². The van der Waals surface area contributed by atoms with E-state index in [0.717, 1.165) is 38.1 Å². The first-order valence-corrected chi connectivity index (χ1v) is 9.51. The number of anilines is 1. The van der Waals surface area contributed by atoms with Crippen molar-refractivity contribution in [2.75, 3.05) is 5.32 Å². The third kappa shape index (κ3) is 4.57. The van der Waals surface area contributed by atoms with E-state index in [1.54, 1.807) is 11.3 Å². The van der Waals surface area contributed by atoms with Crippen molar-refractivity contribution < 1.29 is 0 Å². The average molecular weight is 388 g/mol. The molecule has 3 nitrogen and oxygen atoms in total. The molecule has 2 aromatic carbocycles. The first-order valence-electron chi connectivity index (χ1n) is 7.84. The number of nitrogens with one attached hydrogen (secondary N) is 2. The van der Waals surface area contributed by atoms with Gasteiger partial charge in [0.05, 0.1) is 10.7 Å². The van der Waals surface area contributed by atoms with Crippen LogP contribution in [-0.2, 0) is 6.54 Å². The monoisotopic (exact) mass is 387 g/mol. The molecule has 0 spiro atoms. The van der Waals surface area contributed by atoms with Gasteiger partial charge in [-0.15, -0.1) is 11.3 Å². The van der Waals surface area contributed by atoms with Crippen LogP contribution < -0.4 is 10.6 Å². The Morgan fingerprint density at radius 2 is 1.92 bits per heavy atom. The molecule has 0 amide bonds. The van der Waals surface area contributed by atoms with Crippen LogP contribution in [0.1, 0.15) is 16.1 Å². The first-order chi connectivity index (χ1) is 12.0. The fraction of sp³-hybridized carbons (Fsp3) is 0.158. The van der Waals surface area contributed by atoms with E-state index in [9.17, 15) is 0 Å². The molecule has 6 heteroatoms. The summed E-state index contributed by atoms with van der Waals surface area (Å²) in [4.78, 5) is 4.51. The van der Waals surface area contributed by atoms with E-state index < -0.39 is 0 Å². The van der Waals surface area contributed by atoms with Gasteiger partial charge in [0.1, 0.15) is 0 Å². The van der Waals surface area contributed by atoms with Crippen molar-refractivity contribution in [2.45, 2.75) is 20.4 Å². The van der Waals surface area contributed by atoms with Gasteiger partial charge in [0.25, 0.3) is 0 Å². The Labute approximate surface area is 162 Å². The van der Waals surface area contributed by atoms with E-state index in [4.69, 9.17) is 23.8 Å². The van der Waals surface area contributed by atoms with Gasteiger partial charge in [-0.25, -0.2) is 4.98 Å². The van der Waals surface area contributed by atoms with Crippen molar-refractivity contribution in [2.24, 2.45) is 0 Å². The highest BCUT2D eigenvalue weighted by Crippen LogP contribution is 2.23. The van der Waals surface area contributed by atoms with Gasteiger partial charge in [0.15, 0.2) is 5.11 Å². The van der Waals surface area contributed by atoms with Crippen LogP contribution in [0, 0.1) is 13.8 Å². The Morgan fingerprint density at radius 3 is 2.60 bits per heavy atom. The van der Waals surface area contributed by atoms with Crippen LogP contribution in [0.4, 0.5) is 5.69 Å². The third-order valence-corrected chi connectivity index (χ3v) is 5.27.